The maximum absolute atomic E-state index is 12.0. The van der Waals surface area contributed by atoms with Gasteiger partial charge in [-0.05, 0) is 12.0 Å². The van der Waals surface area contributed by atoms with E-state index in [1.165, 1.54) is 25.3 Å². The molecule has 7 nitrogen and oxygen atoms in total. The van der Waals surface area contributed by atoms with Gasteiger partial charge in [-0.3, -0.25) is 14.9 Å². The molecule has 1 aromatic rings. The van der Waals surface area contributed by atoms with Gasteiger partial charge < -0.3 is 10.1 Å². The highest BCUT2D eigenvalue weighted by Crippen LogP contribution is 2.14. The summed E-state index contributed by atoms with van der Waals surface area (Å²) in [4.78, 5) is 33.6. The zero-order valence-electron chi connectivity index (χ0n) is 11.5. The lowest BCUT2D eigenvalue weighted by Crippen LogP contribution is -2.45. The zero-order valence-corrected chi connectivity index (χ0v) is 11.5. The average molecular weight is 280 g/mol. The normalized spacial score (nSPS) is 11.8. The summed E-state index contributed by atoms with van der Waals surface area (Å²) in [6, 6.07) is 4.50. The van der Waals surface area contributed by atoms with Gasteiger partial charge in [0.15, 0.2) is 0 Å². The standard InChI is InChI=1S/C13H16N2O5/c1-8(2)11(13(17)20-3)14-12(16)9-5-4-6-10(7-9)15(18)19/h4-8,11H,1-3H3,(H,14,16)/t11-/m1/s1. The van der Waals surface area contributed by atoms with Crippen molar-refractivity contribution in [1.82, 2.24) is 5.32 Å². The predicted molar refractivity (Wildman–Crippen MR) is 71.2 cm³/mol. The summed E-state index contributed by atoms with van der Waals surface area (Å²) >= 11 is 0. The van der Waals surface area contributed by atoms with E-state index in [1.54, 1.807) is 13.8 Å². The second kappa shape index (κ2) is 6.65. The van der Waals surface area contributed by atoms with Crippen LogP contribution in [0.25, 0.3) is 0 Å². The second-order valence-corrected chi connectivity index (χ2v) is 4.53. The number of carbonyl (C=O) groups is 2. The summed E-state index contributed by atoms with van der Waals surface area (Å²) in [5.41, 5.74) is -0.0643. The molecule has 1 amide bonds. The van der Waals surface area contributed by atoms with Gasteiger partial charge in [-0.2, -0.15) is 0 Å². The quantitative estimate of drug-likeness (QED) is 0.501. The highest BCUT2D eigenvalue weighted by molar-refractivity contribution is 5.97. The molecule has 1 rings (SSSR count). The van der Waals surface area contributed by atoms with Crippen LogP contribution in [-0.4, -0.2) is 30.0 Å². The zero-order chi connectivity index (χ0) is 15.3. The molecule has 0 saturated carbocycles. The number of nitro groups is 1. The molecule has 0 aromatic heterocycles. The molecular weight excluding hydrogens is 264 g/mol. The van der Waals surface area contributed by atoms with Gasteiger partial charge in [0.25, 0.3) is 11.6 Å². The average Bonchev–Trinajstić information content (AvgIpc) is 2.43. The van der Waals surface area contributed by atoms with E-state index < -0.39 is 22.8 Å². The van der Waals surface area contributed by atoms with E-state index in [0.29, 0.717) is 0 Å². The van der Waals surface area contributed by atoms with Gasteiger partial charge in [-0.1, -0.05) is 19.9 Å². The number of benzene rings is 1. The summed E-state index contributed by atoms with van der Waals surface area (Å²) in [7, 11) is 1.23. The molecule has 7 heteroatoms. The molecule has 0 fully saturated rings. The Morgan fingerprint density at radius 2 is 2.00 bits per heavy atom. The van der Waals surface area contributed by atoms with Crippen molar-refractivity contribution < 1.29 is 19.2 Å². The van der Waals surface area contributed by atoms with Crippen molar-refractivity contribution in [3.63, 3.8) is 0 Å². The Morgan fingerprint density at radius 3 is 2.50 bits per heavy atom. The Bertz CT molecular complexity index is 527. The lowest BCUT2D eigenvalue weighted by atomic mass is 10.0. The van der Waals surface area contributed by atoms with Crippen molar-refractivity contribution in [3.05, 3.63) is 39.9 Å². The summed E-state index contributed by atoms with van der Waals surface area (Å²) in [6.07, 6.45) is 0. The number of rotatable bonds is 5. The van der Waals surface area contributed by atoms with Crippen molar-refractivity contribution >= 4 is 17.6 Å². The minimum absolute atomic E-state index is 0.119. The maximum atomic E-state index is 12.0. The Hall–Kier alpha value is -2.44. The molecule has 0 spiro atoms. The molecule has 108 valence electrons. The molecule has 1 N–H and O–H groups in total. The number of nitrogens with zero attached hydrogens (tertiary/aromatic N) is 1. The van der Waals surface area contributed by atoms with Crippen molar-refractivity contribution in [1.29, 1.82) is 0 Å². The monoisotopic (exact) mass is 280 g/mol. The fraction of sp³-hybridized carbons (Fsp3) is 0.385. The highest BCUT2D eigenvalue weighted by Gasteiger charge is 2.25. The number of nitro benzene ring substituents is 1. The Kier molecular flexibility index (Phi) is 5.19. The fourth-order valence-corrected chi connectivity index (χ4v) is 1.61. The summed E-state index contributed by atoms with van der Waals surface area (Å²) < 4.78 is 4.61. The molecule has 0 unspecified atom stereocenters. The largest absolute Gasteiger partial charge is 0.467 e. The number of esters is 1. The first kappa shape index (κ1) is 15.6. The molecule has 0 bridgehead atoms. The molecule has 0 heterocycles. The van der Waals surface area contributed by atoms with Crippen LogP contribution in [0.15, 0.2) is 24.3 Å². The number of hydrogen-bond donors (Lipinski definition) is 1. The third-order valence-corrected chi connectivity index (χ3v) is 2.73. The molecule has 20 heavy (non-hydrogen) atoms. The lowest BCUT2D eigenvalue weighted by molar-refractivity contribution is -0.384. The van der Waals surface area contributed by atoms with E-state index in [9.17, 15) is 19.7 Å². The summed E-state index contributed by atoms with van der Waals surface area (Å²) in [5, 5.41) is 13.2. The van der Waals surface area contributed by atoms with Crippen LogP contribution in [-0.2, 0) is 9.53 Å². The second-order valence-electron chi connectivity index (χ2n) is 4.53. The lowest BCUT2D eigenvalue weighted by Gasteiger charge is -2.19. The minimum Gasteiger partial charge on any atom is -0.467 e. The molecule has 0 aliphatic carbocycles. The van der Waals surface area contributed by atoms with Gasteiger partial charge in [0.05, 0.1) is 12.0 Å². The number of nitrogens with one attached hydrogen (secondary N) is 1. The summed E-state index contributed by atoms with van der Waals surface area (Å²) in [6.45, 7) is 3.52. The Labute approximate surface area is 116 Å². The van der Waals surface area contributed by atoms with Crippen LogP contribution in [0, 0.1) is 16.0 Å². The van der Waals surface area contributed by atoms with Gasteiger partial charge in [-0.25, -0.2) is 4.79 Å². The first-order valence-corrected chi connectivity index (χ1v) is 6.00. The van der Waals surface area contributed by atoms with E-state index in [-0.39, 0.29) is 17.2 Å². The van der Waals surface area contributed by atoms with E-state index in [0.717, 1.165) is 6.07 Å². The molecule has 0 aliphatic heterocycles. The van der Waals surface area contributed by atoms with Crippen LogP contribution in [0.4, 0.5) is 5.69 Å². The Balaban J connectivity index is 2.92. The van der Waals surface area contributed by atoms with Gasteiger partial charge >= 0.3 is 5.97 Å². The molecule has 0 radical (unpaired) electrons. The summed E-state index contributed by atoms with van der Waals surface area (Å²) in [5.74, 6) is -1.28. The highest BCUT2D eigenvalue weighted by atomic mass is 16.6. The van der Waals surface area contributed by atoms with Gasteiger partial charge in [0.1, 0.15) is 6.04 Å². The first-order valence-electron chi connectivity index (χ1n) is 6.00. The number of ether oxygens (including phenoxy) is 1. The van der Waals surface area contributed by atoms with Gasteiger partial charge in [-0.15, -0.1) is 0 Å². The third-order valence-electron chi connectivity index (χ3n) is 2.73. The maximum Gasteiger partial charge on any atom is 0.328 e. The minimum atomic E-state index is -0.799. The van der Waals surface area contributed by atoms with Crippen LogP contribution in [0.3, 0.4) is 0 Å². The predicted octanol–water partition coefficient (Wildman–Crippen LogP) is 1.52. The molecule has 1 aromatic carbocycles. The number of non-ortho nitro benzene ring substituents is 1. The fourth-order valence-electron chi connectivity index (χ4n) is 1.61. The number of amides is 1. The van der Waals surface area contributed by atoms with Crippen LogP contribution < -0.4 is 5.32 Å². The van der Waals surface area contributed by atoms with Gasteiger partial charge in [0, 0.05) is 17.7 Å². The third kappa shape index (κ3) is 3.78. The van der Waals surface area contributed by atoms with Crippen molar-refractivity contribution in [3.8, 4) is 0 Å². The first-order chi connectivity index (χ1) is 9.36. The van der Waals surface area contributed by atoms with E-state index >= 15 is 0 Å². The number of hydrogen-bond acceptors (Lipinski definition) is 5. The van der Waals surface area contributed by atoms with Crippen molar-refractivity contribution in [2.24, 2.45) is 5.92 Å². The Morgan fingerprint density at radius 1 is 1.35 bits per heavy atom. The van der Waals surface area contributed by atoms with E-state index in [2.05, 4.69) is 10.1 Å². The molecule has 1 atom stereocenters. The smallest absolute Gasteiger partial charge is 0.328 e. The van der Waals surface area contributed by atoms with Crippen LogP contribution in [0.2, 0.25) is 0 Å². The number of carbonyl (C=O) groups excluding carboxylic acids is 2. The molecule has 0 saturated heterocycles. The topological polar surface area (TPSA) is 98.5 Å². The molecular formula is C13H16N2O5. The van der Waals surface area contributed by atoms with Crippen LogP contribution in [0.1, 0.15) is 24.2 Å². The molecule has 0 aliphatic rings. The van der Waals surface area contributed by atoms with Crippen LogP contribution in [0.5, 0.6) is 0 Å². The van der Waals surface area contributed by atoms with Crippen LogP contribution >= 0.6 is 0 Å². The van der Waals surface area contributed by atoms with E-state index in [1.807, 2.05) is 0 Å². The van der Waals surface area contributed by atoms with E-state index in [4.69, 9.17) is 0 Å². The van der Waals surface area contributed by atoms with Gasteiger partial charge in [0.2, 0.25) is 0 Å². The van der Waals surface area contributed by atoms with Crippen molar-refractivity contribution in [2.75, 3.05) is 7.11 Å². The SMILES string of the molecule is COC(=O)[C@H](NC(=O)c1cccc([N+](=O)[O-])c1)C(C)C. The number of methoxy groups -OCH3 is 1. The van der Waals surface area contributed by atoms with Crippen molar-refractivity contribution in [2.45, 2.75) is 19.9 Å².